The van der Waals surface area contributed by atoms with Crippen molar-refractivity contribution in [3.05, 3.63) is 35.4 Å². The van der Waals surface area contributed by atoms with Crippen LogP contribution in [-0.4, -0.2) is 19.3 Å². The molecular weight excluding hydrogens is 210 g/mol. The topological polar surface area (TPSA) is 21.3 Å². The Morgan fingerprint density at radius 1 is 1.29 bits per heavy atom. The van der Waals surface area contributed by atoms with Gasteiger partial charge in [-0.3, -0.25) is 0 Å². The average molecular weight is 233 g/mol. The van der Waals surface area contributed by atoms with Gasteiger partial charge in [0.25, 0.3) is 0 Å². The molecule has 0 saturated heterocycles. The van der Waals surface area contributed by atoms with E-state index in [0.717, 1.165) is 13.0 Å². The Bertz CT molecular complexity index is 369. The quantitative estimate of drug-likeness (QED) is 0.863. The predicted molar refractivity (Wildman–Crippen MR) is 71.0 cm³/mol. The summed E-state index contributed by atoms with van der Waals surface area (Å²) in [5, 5.41) is 3.63. The maximum atomic E-state index is 5.46. The van der Waals surface area contributed by atoms with Crippen molar-refractivity contribution in [2.45, 2.75) is 45.9 Å². The molecule has 2 atom stereocenters. The molecule has 1 aliphatic rings. The molecule has 2 unspecified atom stereocenters. The van der Waals surface area contributed by atoms with Crippen LogP contribution in [0.1, 0.15) is 31.4 Å². The van der Waals surface area contributed by atoms with Gasteiger partial charge < -0.3 is 10.1 Å². The molecule has 1 aliphatic carbocycles. The van der Waals surface area contributed by atoms with Crippen LogP contribution in [0.4, 0.5) is 0 Å². The number of ether oxygens (including phenoxy) is 1. The van der Waals surface area contributed by atoms with Crippen molar-refractivity contribution in [3.8, 4) is 0 Å². The van der Waals surface area contributed by atoms with E-state index in [-0.39, 0.29) is 5.41 Å². The van der Waals surface area contributed by atoms with Gasteiger partial charge >= 0.3 is 0 Å². The van der Waals surface area contributed by atoms with E-state index in [1.165, 1.54) is 11.1 Å². The number of rotatable bonds is 4. The first-order valence-electron chi connectivity index (χ1n) is 6.35. The molecule has 1 aromatic carbocycles. The van der Waals surface area contributed by atoms with Crippen LogP contribution in [0.2, 0.25) is 0 Å². The molecule has 0 radical (unpaired) electrons. The van der Waals surface area contributed by atoms with Gasteiger partial charge in [0.1, 0.15) is 0 Å². The van der Waals surface area contributed by atoms with E-state index >= 15 is 0 Å². The molecule has 0 heterocycles. The minimum absolute atomic E-state index is 0.249. The van der Waals surface area contributed by atoms with E-state index in [9.17, 15) is 0 Å². The number of methoxy groups -OCH3 is 1. The standard InChI is InChI=1S/C15H23NO/c1-11-5-7-12(8-6-11)10-16-13-9-14(17-4)15(13,2)3/h5-8,13-14,16H,9-10H2,1-4H3. The maximum Gasteiger partial charge on any atom is 0.0652 e. The molecule has 2 heteroatoms. The lowest BCUT2D eigenvalue weighted by molar-refractivity contribution is -0.0979. The molecule has 17 heavy (non-hydrogen) atoms. The van der Waals surface area contributed by atoms with Crippen LogP contribution in [0, 0.1) is 12.3 Å². The molecule has 1 N–H and O–H groups in total. The Kier molecular flexibility index (Phi) is 3.55. The fourth-order valence-corrected chi connectivity index (χ4v) is 2.58. The van der Waals surface area contributed by atoms with E-state index in [4.69, 9.17) is 4.74 Å². The Hall–Kier alpha value is -0.860. The highest BCUT2D eigenvalue weighted by molar-refractivity contribution is 5.21. The average Bonchev–Trinajstić information content (AvgIpc) is 2.30. The number of nitrogens with one attached hydrogen (secondary N) is 1. The van der Waals surface area contributed by atoms with Crippen molar-refractivity contribution < 1.29 is 4.74 Å². The molecule has 1 saturated carbocycles. The second-order valence-corrected chi connectivity index (χ2v) is 5.70. The summed E-state index contributed by atoms with van der Waals surface area (Å²) in [5.41, 5.74) is 2.92. The largest absolute Gasteiger partial charge is 0.381 e. The molecule has 1 aromatic rings. The van der Waals surface area contributed by atoms with Gasteiger partial charge in [0, 0.05) is 25.1 Å². The minimum atomic E-state index is 0.249. The third-order valence-electron chi connectivity index (χ3n) is 4.14. The molecule has 94 valence electrons. The Morgan fingerprint density at radius 3 is 2.47 bits per heavy atom. The zero-order chi connectivity index (χ0) is 12.5. The van der Waals surface area contributed by atoms with Crippen LogP contribution < -0.4 is 5.32 Å². The lowest BCUT2D eigenvalue weighted by atomic mass is 9.64. The number of hydrogen-bond acceptors (Lipinski definition) is 2. The molecule has 0 amide bonds. The third kappa shape index (κ3) is 2.53. The molecule has 0 aliphatic heterocycles. The lowest BCUT2D eigenvalue weighted by Crippen LogP contribution is -2.60. The zero-order valence-electron chi connectivity index (χ0n) is 11.3. The number of aryl methyl sites for hydroxylation is 1. The first-order valence-corrected chi connectivity index (χ1v) is 6.35. The van der Waals surface area contributed by atoms with Crippen LogP contribution in [-0.2, 0) is 11.3 Å². The van der Waals surface area contributed by atoms with Crippen LogP contribution in [0.15, 0.2) is 24.3 Å². The molecule has 2 nitrogen and oxygen atoms in total. The van der Waals surface area contributed by atoms with Crippen LogP contribution in [0.25, 0.3) is 0 Å². The summed E-state index contributed by atoms with van der Waals surface area (Å²) in [4.78, 5) is 0. The van der Waals surface area contributed by atoms with Gasteiger partial charge in [0.05, 0.1) is 6.10 Å². The third-order valence-corrected chi connectivity index (χ3v) is 4.14. The molecule has 0 spiro atoms. The van der Waals surface area contributed by atoms with Crippen LogP contribution in [0.5, 0.6) is 0 Å². The Labute approximate surface area is 104 Å². The van der Waals surface area contributed by atoms with Gasteiger partial charge in [-0.05, 0) is 18.9 Å². The second-order valence-electron chi connectivity index (χ2n) is 5.70. The van der Waals surface area contributed by atoms with Crippen molar-refractivity contribution >= 4 is 0 Å². The van der Waals surface area contributed by atoms with E-state index < -0.39 is 0 Å². The van der Waals surface area contributed by atoms with E-state index in [2.05, 4.69) is 50.4 Å². The molecule has 0 aromatic heterocycles. The zero-order valence-corrected chi connectivity index (χ0v) is 11.3. The van der Waals surface area contributed by atoms with Crippen molar-refractivity contribution in [2.24, 2.45) is 5.41 Å². The molecule has 2 rings (SSSR count). The van der Waals surface area contributed by atoms with Crippen molar-refractivity contribution in [1.82, 2.24) is 5.32 Å². The van der Waals surface area contributed by atoms with Crippen molar-refractivity contribution in [3.63, 3.8) is 0 Å². The number of hydrogen-bond donors (Lipinski definition) is 1. The molecular formula is C15H23NO. The van der Waals surface area contributed by atoms with Crippen molar-refractivity contribution in [2.75, 3.05) is 7.11 Å². The summed E-state index contributed by atoms with van der Waals surface area (Å²) in [6.45, 7) is 7.62. The predicted octanol–water partition coefficient (Wildman–Crippen LogP) is 2.90. The summed E-state index contributed by atoms with van der Waals surface area (Å²) < 4.78 is 5.46. The molecule has 0 bridgehead atoms. The first-order chi connectivity index (χ1) is 8.04. The first kappa shape index (κ1) is 12.6. The summed E-state index contributed by atoms with van der Waals surface area (Å²) in [5.74, 6) is 0. The van der Waals surface area contributed by atoms with E-state index in [0.29, 0.717) is 12.1 Å². The van der Waals surface area contributed by atoms with Crippen LogP contribution in [0.3, 0.4) is 0 Å². The normalized spacial score (nSPS) is 26.6. The Balaban J connectivity index is 1.86. The van der Waals surface area contributed by atoms with Crippen LogP contribution >= 0.6 is 0 Å². The van der Waals surface area contributed by atoms with Gasteiger partial charge in [0.2, 0.25) is 0 Å². The fraction of sp³-hybridized carbons (Fsp3) is 0.600. The van der Waals surface area contributed by atoms with Gasteiger partial charge in [-0.15, -0.1) is 0 Å². The second kappa shape index (κ2) is 4.79. The molecule has 1 fully saturated rings. The van der Waals surface area contributed by atoms with Crippen molar-refractivity contribution in [1.29, 1.82) is 0 Å². The number of benzene rings is 1. The van der Waals surface area contributed by atoms with Gasteiger partial charge in [-0.2, -0.15) is 0 Å². The Morgan fingerprint density at radius 2 is 1.94 bits per heavy atom. The monoisotopic (exact) mass is 233 g/mol. The maximum absolute atomic E-state index is 5.46. The summed E-state index contributed by atoms with van der Waals surface area (Å²) in [6.07, 6.45) is 1.52. The van der Waals surface area contributed by atoms with E-state index in [1.54, 1.807) is 0 Å². The fourth-order valence-electron chi connectivity index (χ4n) is 2.58. The summed E-state index contributed by atoms with van der Waals surface area (Å²) in [7, 11) is 1.81. The smallest absolute Gasteiger partial charge is 0.0652 e. The highest BCUT2D eigenvalue weighted by Crippen LogP contribution is 2.42. The van der Waals surface area contributed by atoms with Gasteiger partial charge in [-0.1, -0.05) is 43.7 Å². The van der Waals surface area contributed by atoms with E-state index in [1.807, 2.05) is 7.11 Å². The van der Waals surface area contributed by atoms with Gasteiger partial charge in [0.15, 0.2) is 0 Å². The highest BCUT2D eigenvalue weighted by atomic mass is 16.5. The lowest BCUT2D eigenvalue weighted by Gasteiger charge is -2.51. The highest BCUT2D eigenvalue weighted by Gasteiger charge is 2.48. The SMILES string of the molecule is COC1CC(NCc2ccc(C)cc2)C1(C)C. The summed E-state index contributed by atoms with van der Waals surface area (Å²) in [6, 6.07) is 9.29. The minimum Gasteiger partial charge on any atom is -0.381 e. The van der Waals surface area contributed by atoms with Gasteiger partial charge in [-0.25, -0.2) is 0 Å². The summed E-state index contributed by atoms with van der Waals surface area (Å²) >= 11 is 0.